The van der Waals surface area contributed by atoms with Crippen LogP contribution in [-0.4, -0.2) is 87.4 Å². The molecule has 4 atom stereocenters. The Morgan fingerprint density at radius 3 is 1.95 bits per heavy atom. The predicted octanol–water partition coefficient (Wildman–Crippen LogP) is 7.56. The molecule has 0 radical (unpaired) electrons. The summed E-state index contributed by atoms with van der Waals surface area (Å²) in [4.78, 5) is 82.1. The van der Waals surface area contributed by atoms with Crippen molar-refractivity contribution in [1.82, 2.24) is 9.80 Å². The molecule has 18 heteroatoms. The Labute approximate surface area is 337 Å². The second-order valence-corrected chi connectivity index (χ2v) is 22.0. The molecule has 2 aromatic rings. The fourth-order valence-electron chi connectivity index (χ4n) is 6.38. The first-order valence-electron chi connectivity index (χ1n) is 18.6. The second-order valence-electron chi connectivity index (χ2n) is 15.9. The SMILES string of the molecule is CC(=NC(=O)OCc1ccc([N+](=O)[O-])cc1)N1CCC(SC(=O)C[C@@H]2[C@@H]([C@@H](C)O[Si](C)(C)C(C)(C)C)C(=O)N2C(C(=O)OCc2ccc([N+](=O)[O-])cc2)=C(C)C)C1. The highest BCUT2D eigenvalue weighted by Gasteiger charge is 2.55. The molecular formula is C39H51N5O11SSi. The van der Waals surface area contributed by atoms with E-state index in [-0.39, 0.29) is 58.0 Å². The predicted molar refractivity (Wildman–Crippen MR) is 217 cm³/mol. The summed E-state index contributed by atoms with van der Waals surface area (Å²) in [6, 6.07) is 10.6. The summed E-state index contributed by atoms with van der Waals surface area (Å²) >= 11 is 1.16. The fourth-order valence-corrected chi connectivity index (χ4v) is 8.93. The van der Waals surface area contributed by atoms with E-state index in [0.29, 0.717) is 42.0 Å². The first-order chi connectivity index (χ1) is 26.6. The number of β-lactam (4-membered cyclic amide) rings is 1. The van der Waals surface area contributed by atoms with Crippen LogP contribution in [0.2, 0.25) is 18.1 Å². The van der Waals surface area contributed by atoms with Gasteiger partial charge in [0, 0.05) is 49.0 Å². The average molecular weight is 826 g/mol. The number of carbonyl (C=O) groups is 4. The number of nitro groups is 2. The molecule has 0 saturated carbocycles. The van der Waals surface area contributed by atoms with Crippen molar-refractivity contribution in [2.45, 2.75) is 110 Å². The number of nitrogens with zero attached hydrogens (tertiary/aromatic N) is 5. The van der Waals surface area contributed by atoms with Gasteiger partial charge in [-0.15, -0.1) is 0 Å². The summed E-state index contributed by atoms with van der Waals surface area (Å²) in [6.07, 6.45) is -0.754. The zero-order valence-corrected chi connectivity index (χ0v) is 35.6. The summed E-state index contributed by atoms with van der Waals surface area (Å²) < 4.78 is 17.5. The van der Waals surface area contributed by atoms with Crippen molar-refractivity contribution < 1.29 is 42.9 Å². The number of carbonyl (C=O) groups excluding carboxylic acids is 4. The third kappa shape index (κ3) is 11.3. The Bertz CT molecular complexity index is 1920. The lowest BCUT2D eigenvalue weighted by Crippen LogP contribution is -2.66. The van der Waals surface area contributed by atoms with Gasteiger partial charge in [-0.25, -0.2) is 9.59 Å². The minimum Gasteiger partial charge on any atom is -0.456 e. The van der Waals surface area contributed by atoms with Crippen LogP contribution in [0.1, 0.15) is 72.4 Å². The van der Waals surface area contributed by atoms with Crippen molar-refractivity contribution in [2.75, 3.05) is 13.1 Å². The number of non-ortho nitro benzene ring substituents is 2. The first kappa shape index (κ1) is 44.8. The fraction of sp³-hybridized carbons (Fsp3) is 0.513. The average Bonchev–Trinajstić information content (AvgIpc) is 3.59. The van der Waals surface area contributed by atoms with Crippen molar-refractivity contribution in [2.24, 2.45) is 10.9 Å². The summed E-state index contributed by atoms with van der Waals surface area (Å²) in [5.74, 6) is -1.36. The number of hydrogen-bond acceptors (Lipinski definition) is 12. The van der Waals surface area contributed by atoms with Gasteiger partial charge in [-0.1, -0.05) is 32.5 Å². The Morgan fingerprint density at radius 1 is 0.930 bits per heavy atom. The number of thioether (sulfide) groups is 1. The molecule has 2 fully saturated rings. The molecule has 0 aliphatic carbocycles. The number of amidine groups is 1. The number of nitro benzene ring substituents is 2. The van der Waals surface area contributed by atoms with Crippen LogP contribution in [-0.2, 0) is 41.5 Å². The summed E-state index contributed by atoms with van der Waals surface area (Å²) in [6.45, 7) is 18.1. The molecule has 16 nitrogen and oxygen atoms in total. The van der Waals surface area contributed by atoms with E-state index < -0.39 is 48.3 Å². The van der Waals surface area contributed by atoms with Gasteiger partial charge in [-0.2, -0.15) is 4.99 Å². The van der Waals surface area contributed by atoms with Crippen molar-refractivity contribution >= 4 is 60.4 Å². The molecule has 308 valence electrons. The van der Waals surface area contributed by atoms with E-state index in [0.717, 1.165) is 11.8 Å². The molecular weight excluding hydrogens is 775 g/mol. The molecule has 0 spiro atoms. The molecule has 2 aromatic carbocycles. The minimum absolute atomic E-state index is 0.0415. The van der Waals surface area contributed by atoms with Gasteiger partial charge in [0.15, 0.2) is 13.4 Å². The smallest absolute Gasteiger partial charge is 0.435 e. The Kier molecular flexibility index (Phi) is 14.6. The van der Waals surface area contributed by atoms with Gasteiger partial charge in [0.25, 0.3) is 11.4 Å². The van der Waals surface area contributed by atoms with E-state index >= 15 is 0 Å². The van der Waals surface area contributed by atoms with Gasteiger partial charge in [0.05, 0.1) is 27.9 Å². The minimum atomic E-state index is -2.33. The van der Waals surface area contributed by atoms with Crippen molar-refractivity contribution in [3.05, 3.63) is 91.2 Å². The van der Waals surface area contributed by atoms with Crippen LogP contribution in [0.5, 0.6) is 0 Å². The van der Waals surface area contributed by atoms with Crippen LogP contribution in [0.15, 0.2) is 64.8 Å². The number of amides is 2. The maximum absolute atomic E-state index is 14.0. The maximum atomic E-state index is 14.0. The molecule has 2 amide bonds. The number of hydrogen-bond donors (Lipinski definition) is 0. The molecule has 2 heterocycles. The maximum Gasteiger partial charge on any atom is 0.435 e. The number of aliphatic imine (C=N–C) groups is 1. The van der Waals surface area contributed by atoms with Crippen LogP contribution in [0.4, 0.5) is 16.2 Å². The zero-order chi connectivity index (χ0) is 42.4. The quantitative estimate of drug-likeness (QED) is 0.0264. The van der Waals surface area contributed by atoms with Crippen LogP contribution < -0.4 is 0 Å². The summed E-state index contributed by atoms with van der Waals surface area (Å²) in [7, 11) is -2.33. The lowest BCUT2D eigenvalue weighted by molar-refractivity contribution is -0.385. The van der Waals surface area contributed by atoms with E-state index in [1.165, 1.54) is 53.4 Å². The number of likely N-dealkylation sites (tertiary alicyclic amines) is 2. The standard InChI is InChI=1S/C39H51N5O11SSi/c1-24(2)35(37(47)53-22-27-10-14-29(15-11-27)43(49)50)42-32(34(36(42)46)25(3)55-57(8,9)39(5,6)7)20-33(45)56-31-18-19-41(21-31)26(4)40-38(48)54-23-28-12-16-30(17-13-28)44(51)52/h10-17,25,31-32,34H,18-23H2,1-9H3/t25-,31?,32-,34-/m1/s1. The van der Waals surface area contributed by atoms with E-state index in [1.807, 2.05) is 11.8 Å². The van der Waals surface area contributed by atoms with Gasteiger partial charge >= 0.3 is 12.1 Å². The second kappa shape index (κ2) is 18.5. The van der Waals surface area contributed by atoms with Crippen molar-refractivity contribution in [3.63, 3.8) is 0 Å². The molecule has 0 aromatic heterocycles. The van der Waals surface area contributed by atoms with Crippen LogP contribution >= 0.6 is 11.8 Å². The van der Waals surface area contributed by atoms with Gasteiger partial charge in [-0.05, 0) is 93.2 Å². The summed E-state index contributed by atoms with van der Waals surface area (Å²) in [5.41, 5.74) is 1.49. The zero-order valence-electron chi connectivity index (χ0n) is 33.8. The van der Waals surface area contributed by atoms with Crippen molar-refractivity contribution in [1.29, 1.82) is 0 Å². The molecule has 57 heavy (non-hydrogen) atoms. The lowest BCUT2D eigenvalue weighted by Gasteiger charge is -2.51. The topological polar surface area (TPSA) is 201 Å². The Balaban J connectivity index is 1.43. The van der Waals surface area contributed by atoms with Gasteiger partial charge in [0.1, 0.15) is 24.7 Å². The van der Waals surface area contributed by atoms with Crippen LogP contribution in [0.25, 0.3) is 0 Å². The highest BCUT2D eigenvalue weighted by atomic mass is 32.2. The summed E-state index contributed by atoms with van der Waals surface area (Å²) in [5, 5.41) is 21.5. The largest absolute Gasteiger partial charge is 0.456 e. The third-order valence-electron chi connectivity index (χ3n) is 10.5. The highest BCUT2D eigenvalue weighted by Crippen LogP contribution is 2.43. The van der Waals surface area contributed by atoms with Crippen LogP contribution in [0.3, 0.4) is 0 Å². The van der Waals surface area contributed by atoms with Gasteiger partial charge < -0.3 is 23.7 Å². The Hall–Kier alpha value is -4.94. The molecule has 2 saturated heterocycles. The van der Waals surface area contributed by atoms with Gasteiger partial charge in [-0.3, -0.25) is 29.8 Å². The molecule has 2 aliphatic rings. The van der Waals surface area contributed by atoms with E-state index in [1.54, 1.807) is 20.8 Å². The number of benzene rings is 2. The molecule has 2 aliphatic heterocycles. The van der Waals surface area contributed by atoms with Gasteiger partial charge in [0.2, 0.25) is 5.91 Å². The lowest BCUT2D eigenvalue weighted by atomic mass is 9.80. The molecule has 0 bridgehead atoms. The first-order valence-corrected chi connectivity index (χ1v) is 22.4. The molecule has 4 rings (SSSR count). The normalized spacial score (nSPS) is 19.1. The van der Waals surface area contributed by atoms with Crippen molar-refractivity contribution in [3.8, 4) is 0 Å². The third-order valence-corrected chi connectivity index (χ3v) is 16.2. The highest BCUT2D eigenvalue weighted by molar-refractivity contribution is 8.14. The number of ether oxygens (including phenoxy) is 2. The number of esters is 1. The number of rotatable bonds is 14. The Morgan fingerprint density at radius 2 is 1.46 bits per heavy atom. The van der Waals surface area contributed by atoms with E-state index in [4.69, 9.17) is 13.9 Å². The molecule has 1 unspecified atom stereocenters. The van der Waals surface area contributed by atoms with Crippen LogP contribution in [0, 0.1) is 26.1 Å². The number of allylic oxidation sites excluding steroid dienone is 1. The van der Waals surface area contributed by atoms with E-state index in [2.05, 4.69) is 38.9 Å². The monoisotopic (exact) mass is 825 g/mol. The van der Waals surface area contributed by atoms with E-state index in [9.17, 15) is 39.4 Å². The molecule has 0 N–H and O–H groups in total.